The number of amides is 2. The molecule has 1 unspecified atom stereocenters. The minimum absolute atomic E-state index is 0.157. The van der Waals surface area contributed by atoms with E-state index in [0.29, 0.717) is 18.9 Å². The van der Waals surface area contributed by atoms with Crippen molar-refractivity contribution in [3.63, 3.8) is 0 Å². The van der Waals surface area contributed by atoms with Crippen LogP contribution in [0.2, 0.25) is 0 Å². The molecule has 0 aromatic heterocycles. The normalized spacial score (nSPS) is 11.3. The van der Waals surface area contributed by atoms with E-state index in [1.165, 1.54) is 0 Å². The van der Waals surface area contributed by atoms with Crippen molar-refractivity contribution in [2.45, 2.75) is 32.9 Å². The van der Waals surface area contributed by atoms with Gasteiger partial charge in [0.2, 0.25) is 5.91 Å². The fourth-order valence-electron chi connectivity index (χ4n) is 2.27. The second kappa shape index (κ2) is 10.9. The highest BCUT2D eigenvalue weighted by atomic mass is 16.5. The highest BCUT2D eigenvalue weighted by Crippen LogP contribution is 2.18. The third-order valence-corrected chi connectivity index (χ3v) is 3.76. The number of benzene rings is 2. The van der Waals surface area contributed by atoms with E-state index in [1.807, 2.05) is 37.3 Å². The van der Waals surface area contributed by atoms with Crippen molar-refractivity contribution in [3.8, 4) is 11.5 Å². The molecule has 0 saturated heterocycles. The summed E-state index contributed by atoms with van der Waals surface area (Å²) in [6, 6.07) is 16.4. The lowest BCUT2D eigenvalue weighted by Gasteiger charge is -2.14. The molecule has 0 spiro atoms. The maximum atomic E-state index is 11.9. The Kier molecular flexibility index (Phi) is 8.16. The SMILES string of the molecule is CCCNC(=O)C(C)NC(=O)COc1ccc(OCc2ccccc2)cc1. The van der Waals surface area contributed by atoms with E-state index in [9.17, 15) is 9.59 Å². The average Bonchev–Trinajstić information content (AvgIpc) is 2.70. The lowest BCUT2D eigenvalue weighted by Crippen LogP contribution is -2.46. The van der Waals surface area contributed by atoms with Crippen molar-refractivity contribution in [3.05, 3.63) is 60.2 Å². The van der Waals surface area contributed by atoms with Crippen LogP contribution in [-0.4, -0.2) is 31.0 Å². The molecule has 6 nitrogen and oxygen atoms in total. The maximum Gasteiger partial charge on any atom is 0.258 e. The van der Waals surface area contributed by atoms with E-state index >= 15 is 0 Å². The standard InChI is InChI=1S/C21H26N2O4/c1-3-13-22-21(25)16(2)23-20(24)15-27-19-11-9-18(10-12-19)26-14-17-7-5-4-6-8-17/h4-12,16H,3,13-15H2,1-2H3,(H,22,25)(H,23,24). The maximum absolute atomic E-state index is 11.9. The zero-order chi connectivity index (χ0) is 19.5. The Bertz CT molecular complexity index is 717. The number of carbonyl (C=O) groups excluding carboxylic acids is 2. The summed E-state index contributed by atoms with van der Waals surface area (Å²) in [5.74, 6) is 0.723. The highest BCUT2D eigenvalue weighted by molar-refractivity contribution is 5.87. The summed E-state index contributed by atoms with van der Waals surface area (Å²) in [6.45, 7) is 4.53. The molecule has 0 saturated carbocycles. The highest BCUT2D eigenvalue weighted by Gasteiger charge is 2.15. The molecule has 0 fully saturated rings. The quantitative estimate of drug-likeness (QED) is 0.674. The van der Waals surface area contributed by atoms with Crippen LogP contribution in [0.15, 0.2) is 54.6 Å². The zero-order valence-corrected chi connectivity index (χ0v) is 15.7. The summed E-state index contributed by atoms with van der Waals surface area (Å²) >= 11 is 0. The summed E-state index contributed by atoms with van der Waals surface area (Å²) in [5.41, 5.74) is 1.09. The van der Waals surface area contributed by atoms with E-state index in [0.717, 1.165) is 17.7 Å². The van der Waals surface area contributed by atoms with Gasteiger partial charge in [-0.2, -0.15) is 0 Å². The molecule has 1 atom stereocenters. The molecule has 0 heterocycles. The van der Waals surface area contributed by atoms with Crippen LogP contribution in [0.5, 0.6) is 11.5 Å². The third kappa shape index (κ3) is 7.40. The molecule has 2 aromatic rings. The fraction of sp³-hybridized carbons (Fsp3) is 0.333. The zero-order valence-electron chi connectivity index (χ0n) is 15.7. The Labute approximate surface area is 159 Å². The second-order valence-corrected chi connectivity index (χ2v) is 6.11. The molecular weight excluding hydrogens is 344 g/mol. The van der Waals surface area contributed by atoms with Gasteiger partial charge in [0, 0.05) is 6.54 Å². The predicted molar refractivity (Wildman–Crippen MR) is 104 cm³/mol. The summed E-state index contributed by atoms with van der Waals surface area (Å²) in [6.07, 6.45) is 0.848. The van der Waals surface area contributed by atoms with Gasteiger partial charge in [-0.1, -0.05) is 37.3 Å². The lowest BCUT2D eigenvalue weighted by atomic mass is 10.2. The van der Waals surface area contributed by atoms with Crippen molar-refractivity contribution in [1.82, 2.24) is 10.6 Å². The Morgan fingerprint density at radius 1 is 0.963 bits per heavy atom. The second-order valence-electron chi connectivity index (χ2n) is 6.11. The van der Waals surface area contributed by atoms with Crippen LogP contribution in [0, 0.1) is 0 Å². The minimum atomic E-state index is -0.596. The average molecular weight is 370 g/mol. The Morgan fingerprint density at radius 3 is 2.22 bits per heavy atom. The van der Waals surface area contributed by atoms with Gasteiger partial charge >= 0.3 is 0 Å². The summed E-state index contributed by atoms with van der Waals surface area (Å²) < 4.78 is 11.2. The van der Waals surface area contributed by atoms with Crippen LogP contribution < -0.4 is 20.1 Å². The Morgan fingerprint density at radius 2 is 1.59 bits per heavy atom. The van der Waals surface area contributed by atoms with Crippen molar-refractivity contribution in [1.29, 1.82) is 0 Å². The van der Waals surface area contributed by atoms with Gasteiger partial charge in [-0.25, -0.2) is 0 Å². The number of carbonyl (C=O) groups is 2. The van der Waals surface area contributed by atoms with Crippen LogP contribution in [0.4, 0.5) is 0 Å². The van der Waals surface area contributed by atoms with Crippen molar-refractivity contribution in [2.75, 3.05) is 13.2 Å². The van der Waals surface area contributed by atoms with Gasteiger partial charge in [0.25, 0.3) is 5.91 Å². The van der Waals surface area contributed by atoms with E-state index in [4.69, 9.17) is 9.47 Å². The Hall–Kier alpha value is -3.02. The van der Waals surface area contributed by atoms with Gasteiger partial charge < -0.3 is 20.1 Å². The molecule has 0 bridgehead atoms. The molecule has 2 aromatic carbocycles. The monoisotopic (exact) mass is 370 g/mol. The molecule has 2 rings (SSSR count). The van der Waals surface area contributed by atoms with Gasteiger partial charge in [-0.15, -0.1) is 0 Å². The number of nitrogens with one attached hydrogen (secondary N) is 2. The largest absolute Gasteiger partial charge is 0.489 e. The lowest BCUT2D eigenvalue weighted by molar-refractivity contribution is -0.129. The van der Waals surface area contributed by atoms with E-state index in [2.05, 4.69) is 10.6 Å². The van der Waals surface area contributed by atoms with Crippen LogP contribution in [0.3, 0.4) is 0 Å². The molecule has 2 amide bonds. The van der Waals surface area contributed by atoms with Crippen molar-refractivity contribution in [2.24, 2.45) is 0 Å². The molecule has 0 radical (unpaired) electrons. The summed E-state index contributed by atoms with van der Waals surface area (Å²) in [5, 5.41) is 5.34. The van der Waals surface area contributed by atoms with Crippen molar-refractivity contribution >= 4 is 11.8 Å². The minimum Gasteiger partial charge on any atom is -0.489 e. The number of hydrogen-bond donors (Lipinski definition) is 2. The van der Waals surface area contributed by atoms with Gasteiger partial charge in [0.05, 0.1) is 0 Å². The molecular formula is C21H26N2O4. The van der Waals surface area contributed by atoms with Crippen LogP contribution >= 0.6 is 0 Å². The van der Waals surface area contributed by atoms with E-state index in [1.54, 1.807) is 31.2 Å². The van der Waals surface area contributed by atoms with Gasteiger partial charge in [0.15, 0.2) is 6.61 Å². The van der Waals surface area contributed by atoms with Crippen LogP contribution in [0.25, 0.3) is 0 Å². The van der Waals surface area contributed by atoms with Gasteiger partial charge in [0.1, 0.15) is 24.1 Å². The first-order valence-electron chi connectivity index (χ1n) is 9.05. The molecule has 144 valence electrons. The first-order chi connectivity index (χ1) is 13.1. The smallest absolute Gasteiger partial charge is 0.258 e. The van der Waals surface area contributed by atoms with Crippen molar-refractivity contribution < 1.29 is 19.1 Å². The van der Waals surface area contributed by atoms with Gasteiger partial charge in [-0.3, -0.25) is 9.59 Å². The first-order valence-corrected chi connectivity index (χ1v) is 9.05. The summed E-state index contributed by atoms with van der Waals surface area (Å²) in [7, 11) is 0. The topological polar surface area (TPSA) is 76.7 Å². The molecule has 2 N–H and O–H groups in total. The molecule has 0 aliphatic carbocycles. The Balaban J connectivity index is 1.72. The first kappa shape index (κ1) is 20.3. The molecule has 6 heteroatoms. The van der Waals surface area contributed by atoms with Crippen LogP contribution in [0.1, 0.15) is 25.8 Å². The van der Waals surface area contributed by atoms with Crippen LogP contribution in [-0.2, 0) is 16.2 Å². The van der Waals surface area contributed by atoms with E-state index < -0.39 is 6.04 Å². The molecule has 27 heavy (non-hydrogen) atoms. The molecule has 0 aliphatic heterocycles. The number of rotatable bonds is 10. The van der Waals surface area contributed by atoms with Gasteiger partial charge in [-0.05, 0) is 43.2 Å². The van der Waals surface area contributed by atoms with E-state index in [-0.39, 0.29) is 18.4 Å². The molecule has 0 aliphatic rings. The predicted octanol–water partition coefficient (Wildman–Crippen LogP) is 2.68. The number of ether oxygens (including phenoxy) is 2. The third-order valence-electron chi connectivity index (χ3n) is 3.76. The number of hydrogen-bond acceptors (Lipinski definition) is 4. The summed E-state index contributed by atoms with van der Waals surface area (Å²) in [4.78, 5) is 23.6. The fourth-order valence-corrected chi connectivity index (χ4v) is 2.27.